The summed E-state index contributed by atoms with van der Waals surface area (Å²) in [7, 11) is 0. The van der Waals surface area contributed by atoms with Crippen molar-refractivity contribution in [1.29, 1.82) is 0 Å². The maximum atomic E-state index is 10.7. The van der Waals surface area contributed by atoms with E-state index in [1.165, 1.54) is 11.3 Å². The summed E-state index contributed by atoms with van der Waals surface area (Å²) in [6.07, 6.45) is 5.18. The summed E-state index contributed by atoms with van der Waals surface area (Å²) < 4.78 is 0. The van der Waals surface area contributed by atoms with Crippen LogP contribution < -0.4 is 5.32 Å². The van der Waals surface area contributed by atoms with Crippen LogP contribution in [0, 0.1) is 12.3 Å². The molecule has 0 fully saturated rings. The zero-order valence-electron chi connectivity index (χ0n) is 7.78. The topological polar surface area (TPSA) is 49.3 Å². The number of nitrogens with one attached hydrogen (secondary N) is 1. The second-order valence-electron chi connectivity index (χ2n) is 2.85. The van der Waals surface area contributed by atoms with Crippen molar-refractivity contribution in [3.8, 4) is 12.3 Å². The van der Waals surface area contributed by atoms with E-state index in [0.717, 1.165) is 5.56 Å². The molecule has 4 heteroatoms. The molecule has 0 aliphatic carbocycles. The van der Waals surface area contributed by atoms with Crippen LogP contribution in [0.25, 0.3) is 0 Å². The highest BCUT2D eigenvalue weighted by Crippen LogP contribution is 2.16. The second kappa shape index (κ2) is 4.80. The van der Waals surface area contributed by atoms with Gasteiger partial charge in [0.2, 0.25) is 0 Å². The quantitative estimate of drug-likeness (QED) is 0.740. The Morgan fingerprint density at radius 1 is 1.86 bits per heavy atom. The van der Waals surface area contributed by atoms with Crippen LogP contribution in [0.3, 0.4) is 0 Å². The number of rotatable bonds is 4. The summed E-state index contributed by atoms with van der Waals surface area (Å²) in [5, 5.41) is 13.6. The van der Waals surface area contributed by atoms with Gasteiger partial charge < -0.3 is 5.11 Å². The first-order chi connectivity index (χ1) is 6.65. The van der Waals surface area contributed by atoms with E-state index in [0.29, 0.717) is 11.4 Å². The maximum absolute atomic E-state index is 10.7. The lowest BCUT2D eigenvalue weighted by atomic mass is 10.2. The number of carboxylic acids is 1. The molecular weight excluding hydrogens is 198 g/mol. The molecule has 1 aromatic heterocycles. The lowest BCUT2D eigenvalue weighted by molar-refractivity contribution is 0.0701. The van der Waals surface area contributed by atoms with Crippen molar-refractivity contribution in [3.63, 3.8) is 0 Å². The molecule has 0 amide bonds. The van der Waals surface area contributed by atoms with Crippen LogP contribution >= 0.6 is 11.3 Å². The minimum atomic E-state index is -0.884. The van der Waals surface area contributed by atoms with Crippen molar-refractivity contribution in [2.45, 2.75) is 19.5 Å². The minimum absolute atomic E-state index is 0.0449. The third kappa shape index (κ3) is 2.59. The first-order valence-electron chi connectivity index (χ1n) is 4.14. The van der Waals surface area contributed by atoms with Gasteiger partial charge in [0.25, 0.3) is 0 Å². The molecule has 1 heterocycles. The van der Waals surface area contributed by atoms with Gasteiger partial charge in [0.1, 0.15) is 4.88 Å². The van der Waals surface area contributed by atoms with Crippen LogP contribution in [0.15, 0.2) is 11.4 Å². The number of aromatic carboxylic acids is 1. The maximum Gasteiger partial charge on any atom is 0.346 e. The Kier molecular flexibility index (Phi) is 3.69. The third-order valence-corrected chi connectivity index (χ3v) is 2.73. The highest BCUT2D eigenvalue weighted by Gasteiger charge is 2.11. The Labute approximate surface area is 86.8 Å². The van der Waals surface area contributed by atoms with Crippen molar-refractivity contribution in [2.75, 3.05) is 0 Å². The Morgan fingerprint density at radius 3 is 3.14 bits per heavy atom. The predicted octanol–water partition coefficient (Wildman–Crippen LogP) is 1.56. The largest absolute Gasteiger partial charge is 0.477 e. The number of hydrogen-bond donors (Lipinski definition) is 2. The van der Waals surface area contributed by atoms with Gasteiger partial charge in [0.15, 0.2) is 0 Å². The SMILES string of the molecule is C#CC(C)NCc1ccsc1C(=O)O. The van der Waals surface area contributed by atoms with Gasteiger partial charge >= 0.3 is 5.97 Å². The second-order valence-corrected chi connectivity index (χ2v) is 3.77. The fourth-order valence-corrected chi connectivity index (χ4v) is 1.75. The monoisotopic (exact) mass is 209 g/mol. The molecule has 0 aliphatic heterocycles. The van der Waals surface area contributed by atoms with Gasteiger partial charge in [-0.3, -0.25) is 5.32 Å². The minimum Gasteiger partial charge on any atom is -0.477 e. The molecule has 1 aromatic rings. The zero-order chi connectivity index (χ0) is 10.6. The van der Waals surface area contributed by atoms with Crippen LogP contribution in [0.4, 0.5) is 0 Å². The Hall–Kier alpha value is -1.31. The van der Waals surface area contributed by atoms with Crippen LogP contribution in [-0.2, 0) is 6.54 Å². The van der Waals surface area contributed by atoms with E-state index in [4.69, 9.17) is 11.5 Å². The first-order valence-corrected chi connectivity index (χ1v) is 5.02. The molecule has 0 aromatic carbocycles. The normalized spacial score (nSPS) is 12.0. The van der Waals surface area contributed by atoms with Crippen molar-refractivity contribution in [3.05, 3.63) is 21.9 Å². The van der Waals surface area contributed by atoms with Crippen LogP contribution in [0.1, 0.15) is 22.2 Å². The molecule has 0 bridgehead atoms. The summed E-state index contributed by atoms with van der Waals surface area (Å²) in [4.78, 5) is 11.1. The number of carbonyl (C=O) groups is 1. The first kappa shape index (κ1) is 10.8. The van der Waals surface area contributed by atoms with E-state index < -0.39 is 5.97 Å². The number of thiophene rings is 1. The van der Waals surface area contributed by atoms with E-state index in [9.17, 15) is 4.79 Å². The van der Waals surface area contributed by atoms with Gasteiger partial charge in [-0.2, -0.15) is 0 Å². The van der Waals surface area contributed by atoms with Crippen LogP contribution in [0.2, 0.25) is 0 Å². The van der Waals surface area contributed by atoms with Gasteiger partial charge in [-0.25, -0.2) is 4.79 Å². The zero-order valence-corrected chi connectivity index (χ0v) is 8.60. The van der Waals surface area contributed by atoms with Gasteiger partial charge in [-0.05, 0) is 23.9 Å². The molecule has 2 N–H and O–H groups in total. The van der Waals surface area contributed by atoms with Crippen molar-refractivity contribution in [1.82, 2.24) is 5.32 Å². The Balaban J connectivity index is 2.64. The molecule has 74 valence electrons. The van der Waals surface area contributed by atoms with Gasteiger partial charge in [-0.1, -0.05) is 5.92 Å². The molecule has 14 heavy (non-hydrogen) atoms. The molecule has 0 saturated carbocycles. The van der Waals surface area contributed by atoms with Crippen LogP contribution in [0.5, 0.6) is 0 Å². The van der Waals surface area contributed by atoms with E-state index in [1.54, 1.807) is 11.4 Å². The third-order valence-electron chi connectivity index (χ3n) is 1.79. The molecule has 3 nitrogen and oxygen atoms in total. The fourth-order valence-electron chi connectivity index (χ4n) is 0.985. The Bertz CT molecular complexity index is 364. The van der Waals surface area contributed by atoms with Crippen molar-refractivity contribution < 1.29 is 9.90 Å². The predicted molar refractivity (Wildman–Crippen MR) is 56.4 cm³/mol. The van der Waals surface area contributed by atoms with Gasteiger partial charge in [-0.15, -0.1) is 17.8 Å². The molecule has 0 aliphatic rings. The fraction of sp³-hybridized carbons (Fsp3) is 0.300. The average molecular weight is 209 g/mol. The molecule has 1 unspecified atom stereocenters. The summed E-state index contributed by atoms with van der Waals surface area (Å²) in [5.74, 6) is 1.64. The van der Waals surface area contributed by atoms with Gasteiger partial charge in [0.05, 0.1) is 6.04 Å². The molecule has 0 radical (unpaired) electrons. The Morgan fingerprint density at radius 2 is 2.57 bits per heavy atom. The number of terminal acetylenes is 1. The summed E-state index contributed by atoms with van der Waals surface area (Å²) >= 11 is 1.23. The van der Waals surface area contributed by atoms with Gasteiger partial charge in [0, 0.05) is 6.54 Å². The lowest BCUT2D eigenvalue weighted by Crippen LogP contribution is -2.24. The summed E-state index contributed by atoms with van der Waals surface area (Å²) in [6, 6.07) is 1.75. The van der Waals surface area contributed by atoms with Crippen LogP contribution in [-0.4, -0.2) is 17.1 Å². The lowest BCUT2D eigenvalue weighted by Gasteiger charge is -2.06. The van der Waals surface area contributed by atoms with E-state index in [-0.39, 0.29) is 6.04 Å². The standard InChI is InChI=1S/C10H11NO2S/c1-3-7(2)11-6-8-4-5-14-9(8)10(12)13/h1,4-5,7,11H,6H2,2H3,(H,12,13). The molecule has 1 rings (SSSR count). The summed E-state index contributed by atoms with van der Waals surface area (Å²) in [5.41, 5.74) is 0.782. The molecular formula is C10H11NO2S. The number of carboxylic acid groups (broad SMARTS) is 1. The van der Waals surface area contributed by atoms with Crippen molar-refractivity contribution >= 4 is 17.3 Å². The van der Waals surface area contributed by atoms with E-state index in [1.807, 2.05) is 6.92 Å². The highest BCUT2D eigenvalue weighted by atomic mass is 32.1. The number of hydrogen-bond acceptors (Lipinski definition) is 3. The summed E-state index contributed by atoms with van der Waals surface area (Å²) in [6.45, 7) is 2.35. The van der Waals surface area contributed by atoms with E-state index >= 15 is 0 Å². The molecule has 0 saturated heterocycles. The van der Waals surface area contributed by atoms with E-state index in [2.05, 4.69) is 11.2 Å². The molecule has 1 atom stereocenters. The van der Waals surface area contributed by atoms with Crippen molar-refractivity contribution in [2.24, 2.45) is 0 Å². The smallest absolute Gasteiger partial charge is 0.346 e. The molecule has 0 spiro atoms. The highest BCUT2D eigenvalue weighted by molar-refractivity contribution is 7.12. The average Bonchev–Trinajstić information content (AvgIpc) is 2.62.